The van der Waals surface area contributed by atoms with Crippen LogP contribution in [0.5, 0.6) is 0 Å². The Morgan fingerprint density at radius 2 is 1.93 bits per heavy atom. The van der Waals surface area contributed by atoms with E-state index < -0.39 is 6.10 Å². The molecule has 0 spiro atoms. The van der Waals surface area contributed by atoms with Crippen LogP contribution in [-0.2, 0) is 11.3 Å². The van der Waals surface area contributed by atoms with Gasteiger partial charge in [0.05, 0.1) is 12.2 Å². The van der Waals surface area contributed by atoms with Crippen LogP contribution in [0.3, 0.4) is 0 Å². The van der Waals surface area contributed by atoms with Gasteiger partial charge in [-0.3, -0.25) is 4.99 Å². The molecule has 0 fully saturated rings. The Kier molecular flexibility index (Phi) is 7.21. The van der Waals surface area contributed by atoms with Crippen LogP contribution >= 0.6 is 11.3 Å². The standard InChI is InChI=1S/C22H25N3O3S/c1-3-28-21(27)16-10-8-15(9-11-16)13-24-22(23-2)25-14-18(26)20-12-17-6-4-5-7-19(17)29-20/h4-12,18,26H,3,13-14H2,1-2H3,(H2,23,24,25). The highest BCUT2D eigenvalue weighted by atomic mass is 32.1. The number of benzene rings is 2. The molecule has 0 aliphatic carbocycles. The Balaban J connectivity index is 1.50. The van der Waals surface area contributed by atoms with Gasteiger partial charge in [0.25, 0.3) is 0 Å². The van der Waals surface area contributed by atoms with Gasteiger partial charge in [-0.05, 0) is 42.1 Å². The summed E-state index contributed by atoms with van der Waals surface area (Å²) >= 11 is 1.59. The van der Waals surface area contributed by atoms with Gasteiger partial charge in [-0.15, -0.1) is 11.3 Å². The smallest absolute Gasteiger partial charge is 0.338 e. The van der Waals surface area contributed by atoms with E-state index in [4.69, 9.17) is 4.74 Å². The molecule has 152 valence electrons. The first kappa shape index (κ1) is 20.8. The molecule has 1 unspecified atom stereocenters. The molecule has 0 amide bonds. The molecule has 3 N–H and O–H groups in total. The Bertz CT molecular complexity index is 949. The summed E-state index contributed by atoms with van der Waals surface area (Å²) in [6.07, 6.45) is -0.616. The lowest BCUT2D eigenvalue weighted by Crippen LogP contribution is -2.38. The number of carbonyl (C=O) groups is 1. The van der Waals surface area contributed by atoms with E-state index in [9.17, 15) is 9.90 Å². The van der Waals surface area contributed by atoms with Crippen molar-refractivity contribution in [3.8, 4) is 0 Å². The first-order valence-electron chi connectivity index (χ1n) is 9.47. The van der Waals surface area contributed by atoms with E-state index in [1.54, 1.807) is 37.4 Å². The third-order valence-electron chi connectivity index (χ3n) is 4.38. The maximum Gasteiger partial charge on any atom is 0.338 e. The lowest BCUT2D eigenvalue weighted by Gasteiger charge is -2.14. The number of thiophene rings is 1. The van der Waals surface area contributed by atoms with Gasteiger partial charge in [-0.1, -0.05) is 30.3 Å². The SMILES string of the molecule is CCOC(=O)c1ccc(CNC(=NC)NCC(O)c2cc3ccccc3s2)cc1. The average Bonchev–Trinajstić information content (AvgIpc) is 3.18. The van der Waals surface area contributed by atoms with Crippen molar-refractivity contribution in [2.24, 2.45) is 4.99 Å². The Morgan fingerprint density at radius 1 is 1.17 bits per heavy atom. The zero-order valence-corrected chi connectivity index (χ0v) is 17.3. The van der Waals surface area contributed by atoms with Gasteiger partial charge >= 0.3 is 5.97 Å². The molecule has 0 saturated carbocycles. The molecule has 0 aliphatic rings. The van der Waals surface area contributed by atoms with E-state index >= 15 is 0 Å². The van der Waals surface area contributed by atoms with Crippen LogP contribution < -0.4 is 10.6 Å². The number of aliphatic hydroxyl groups excluding tert-OH is 1. The molecule has 0 bridgehead atoms. The number of carbonyl (C=O) groups excluding carboxylic acids is 1. The number of aliphatic imine (C=N–C) groups is 1. The highest BCUT2D eigenvalue weighted by molar-refractivity contribution is 7.19. The number of aliphatic hydroxyl groups is 1. The van der Waals surface area contributed by atoms with Gasteiger partial charge in [0.15, 0.2) is 5.96 Å². The molecule has 0 saturated heterocycles. The van der Waals surface area contributed by atoms with Crippen LogP contribution in [0.2, 0.25) is 0 Å². The zero-order chi connectivity index (χ0) is 20.6. The second-order valence-electron chi connectivity index (χ2n) is 6.43. The molecule has 1 aromatic heterocycles. The second kappa shape index (κ2) is 10.0. The van der Waals surface area contributed by atoms with Crippen molar-refractivity contribution in [1.29, 1.82) is 0 Å². The number of fused-ring (bicyclic) bond motifs is 1. The first-order chi connectivity index (χ1) is 14.1. The highest BCUT2D eigenvalue weighted by Crippen LogP contribution is 2.29. The summed E-state index contributed by atoms with van der Waals surface area (Å²) in [5, 5.41) is 18.0. The van der Waals surface area contributed by atoms with Gasteiger partial charge < -0.3 is 20.5 Å². The summed E-state index contributed by atoms with van der Waals surface area (Å²) in [6, 6.07) is 17.4. The summed E-state index contributed by atoms with van der Waals surface area (Å²) in [7, 11) is 1.69. The molecule has 29 heavy (non-hydrogen) atoms. The zero-order valence-electron chi connectivity index (χ0n) is 16.5. The number of nitrogens with one attached hydrogen (secondary N) is 2. The summed E-state index contributed by atoms with van der Waals surface area (Å²) < 4.78 is 6.15. The molecule has 3 aromatic rings. The Morgan fingerprint density at radius 3 is 2.62 bits per heavy atom. The predicted molar refractivity (Wildman–Crippen MR) is 117 cm³/mol. The third-order valence-corrected chi connectivity index (χ3v) is 5.60. The van der Waals surface area contributed by atoms with Gasteiger partial charge in [-0.2, -0.15) is 0 Å². The van der Waals surface area contributed by atoms with E-state index in [0.29, 0.717) is 31.2 Å². The van der Waals surface area contributed by atoms with Gasteiger partial charge in [0.2, 0.25) is 0 Å². The number of nitrogens with zero attached hydrogens (tertiary/aromatic N) is 1. The maximum absolute atomic E-state index is 11.7. The summed E-state index contributed by atoms with van der Waals surface area (Å²) in [5.74, 6) is 0.277. The molecule has 1 heterocycles. The van der Waals surface area contributed by atoms with E-state index in [-0.39, 0.29) is 5.97 Å². The number of guanidine groups is 1. The van der Waals surface area contributed by atoms with Crippen LogP contribution in [0.1, 0.15) is 33.8 Å². The number of rotatable bonds is 7. The summed E-state index contributed by atoms with van der Waals surface area (Å²) in [4.78, 5) is 16.8. The van der Waals surface area contributed by atoms with Crippen molar-refractivity contribution in [2.75, 3.05) is 20.2 Å². The Hall–Kier alpha value is -2.90. The fraction of sp³-hybridized carbons (Fsp3) is 0.273. The first-order valence-corrected chi connectivity index (χ1v) is 10.3. The minimum Gasteiger partial charge on any atom is -0.462 e. The van der Waals surface area contributed by atoms with Crippen LogP contribution in [-0.4, -0.2) is 37.2 Å². The van der Waals surface area contributed by atoms with Crippen LogP contribution in [0, 0.1) is 0 Å². The van der Waals surface area contributed by atoms with Crippen LogP contribution in [0.25, 0.3) is 10.1 Å². The molecule has 0 aliphatic heterocycles. The second-order valence-corrected chi connectivity index (χ2v) is 7.54. The van der Waals surface area contributed by atoms with Crippen LogP contribution in [0.4, 0.5) is 0 Å². The van der Waals surface area contributed by atoms with Crippen molar-refractivity contribution in [3.05, 3.63) is 70.6 Å². The number of esters is 1. The maximum atomic E-state index is 11.7. The monoisotopic (exact) mass is 411 g/mol. The molecule has 2 aromatic carbocycles. The molecule has 1 atom stereocenters. The van der Waals surface area contributed by atoms with E-state index in [2.05, 4.69) is 21.7 Å². The van der Waals surface area contributed by atoms with Crippen molar-refractivity contribution in [2.45, 2.75) is 19.6 Å². The van der Waals surface area contributed by atoms with E-state index in [1.807, 2.05) is 36.4 Å². The molecule has 6 nitrogen and oxygen atoms in total. The van der Waals surface area contributed by atoms with Crippen LogP contribution in [0.15, 0.2) is 59.6 Å². The van der Waals surface area contributed by atoms with Gasteiger partial charge in [0.1, 0.15) is 6.10 Å². The molecule has 0 radical (unpaired) electrons. The fourth-order valence-corrected chi connectivity index (χ4v) is 3.89. The quantitative estimate of drug-likeness (QED) is 0.315. The van der Waals surface area contributed by atoms with E-state index in [1.165, 1.54) is 0 Å². The molecule has 3 rings (SSSR count). The Labute approximate surface area is 174 Å². The number of hydrogen-bond acceptors (Lipinski definition) is 5. The summed E-state index contributed by atoms with van der Waals surface area (Å²) in [6.45, 7) is 3.04. The number of hydrogen-bond donors (Lipinski definition) is 3. The van der Waals surface area contributed by atoms with Crippen molar-refractivity contribution in [1.82, 2.24) is 10.6 Å². The van der Waals surface area contributed by atoms with Crippen molar-refractivity contribution in [3.63, 3.8) is 0 Å². The largest absolute Gasteiger partial charge is 0.462 e. The molecular formula is C22H25N3O3S. The van der Waals surface area contributed by atoms with Crippen molar-refractivity contribution >= 4 is 33.4 Å². The fourth-order valence-electron chi connectivity index (χ4n) is 2.84. The topological polar surface area (TPSA) is 83.0 Å². The molecular weight excluding hydrogens is 386 g/mol. The molecule has 7 heteroatoms. The minimum atomic E-state index is -0.616. The van der Waals surface area contributed by atoms with Crippen molar-refractivity contribution < 1.29 is 14.6 Å². The number of ether oxygens (including phenoxy) is 1. The van der Waals surface area contributed by atoms with Gasteiger partial charge in [-0.25, -0.2) is 4.79 Å². The highest BCUT2D eigenvalue weighted by Gasteiger charge is 2.12. The predicted octanol–water partition coefficient (Wildman–Crippen LogP) is 3.48. The summed E-state index contributed by atoms with van der Waals surface area (Å²) in [5.41, 5.74) is 1.54. The lowest BCUT2D eigenvalue weighted by atomic mass is 10.1. The minimum absolute atomic E-state index is 0.320. The van der Waals surface area contributed by atoms with E-state index in [0.717, 1.165) is 20.5 Å². The third kappa shape index (κ3) is 5.56. The van der Waals surface area contributed by atoms with Gasteiger partial charge in [0, 0.05) is 29.7 Å². The average molecular weight is 412 g/mol. The lowest BCUT2D eigenvalue weighted by molar-refractivity contribution is 0.0526. The normalized spacial score (nSPS) is 12.6.